The van der Waals surface area contributed by atoms with Gasteiger partial charge in [-0.1, -0.05) is 12.5 Å². The summed E-state index contributed by atoms with van der Waals surface area (Å²) in [7, 11) is 0. The van der Waals surface area contributed by atoms with Crippen LogP contribution in [-0.2, 0) is 0 Å². The third kappa shape index (κ3) is 4.02. The van der Waals surface area contributed by atoms with Crippen LogP contribution < -0.4 is 10.6 Å². The predicted octanol–water partition coefficient (Wildman–Crippen LogP) is 3.64. The summed E-state index contributed by atoms with van der Waals surface area (Å²) in [6, 6.07) is 7.92. The Morgan fingerprint density at radius 1 is 1.22 bits per heavy atom. The van der Waals surface area contributed by atoms with Crippen molar-refractivity contribution in [2.45, 2.75) is 58.5 Å². The molecule has 1 aliphatic rings. The first-order valence-corrected chi connectivity index (χ1v) is 7.22. The number of rotatable bonds is 4. The van der Waals surface area contributed by atoms with Gasteiger partial charge in [0.15, 0.2) is 0 Å². The summed E-state index contributed by atoms with van der Waals surface area (Å²) in [6.07, 6.45) is 5.27. The van der Waals surface area contributed by atoms with E-state index in [1.807, 2.05) is 0 Å². The Labute approximate surface area is 111 Å². The van der Waals surface area contributed by atoms with Crippen molar-refractivity contribution in [3.05, 3.63) is 29.3 Å². The van der Waals surface area contributed by atoms with E-state index in [4.69, 9.17) is 0 Å². The highest BCUT2D eigenvalue weighted by molar-refractivity contribution is 5.48. The maximum absolute atomic E-state index is 3.63. The molecule has 0 spiro atoms. The lowest BCUT2D eigenvalue weighted by Crippen LogP contribution is -2.37. The molecule has 2 unspecified atom stereocenters. The first kappa shape index (κ1) is 13.4. The molecule has 0 aliphatic carbocycles. The van der Waals surface area contributed by atoms with Crippen LogP contribution in [0.1, 0.15) is 43.7 Å². The minimum absolute atomic E-state index is 0.529. The summed E-state index contributed by atoms with van der Waals surface area (Å²) in [5.74, 6) is 0. The molecule has 1 heterocycles. The monoisotopic (exact) mass is 246 g/mol. The van der Waals surface area contributed by atoms with Gasteiger partial charge in [0, 0.05) is 17.8 Å². The number of aryl methyl sites for hydroxylation is 2. The molecule has 2 rings (SSSR count). The second-order valence-corrected chi connectivity index (χ2v) is 5.80. The summed E-state index contributed by atoms with van der Waals surface area (Å²) >= 11 is 0. The SMILES string of the molecule is Cc1cc(C)cc(NC(C)CC2CCCCN2)c1. The van der Waals surface area contributed by atoms with Crippen molar-refractivity contribution in [1.29, 1.82) is 0 Å². The van der Waals surface area contributed by atoms with Crippen molar-refractivity contribution in [1.82, 2.24) is 5.32 Å². The fourth-order valence-electron chi connectivity index (χ4n) is 2.95. The zero-order chi connectivity index (χ0) is 13.0. The van der Waals surface area contributed by atoms with Crippen LogP contribution in [0.4, 0.5) is 5.69 Å². The van der Waals surface area contributed by atoms with Gasteiger partial charge >= 0.3 is 0 Å². The third-order valence-electron chi connectivity index (χ3n) is 3.69. The number of nitrogens with one attached hydrogen (secondary N) is 2. The molecule has 2 heteroatoms. The van der Waals surface area contributed by atoms with E-state index in [1.54, 1.807) is 0 Å². The Kier molecular flexibility index (Phi) is 4.65. The molecule has 0 amide bonds. The molecule has 1 saturated heterocycles. The van der Waals surface area contributed by atoms with Gasteiger partial charge in [-0.3, -0.25) is 0 Å². The molecule has 0 aromatic heterocycles. The molecular weight excluding hydrogens is 220 g/mol. The normalized spacial score (nSPS) is 21.6. The molecule has 1 aromatic rings. The van der Waals surface area contributed by atoms with E-state index in [0.29, 0.717) is 12.1 Å². The lowest BCUT2D eigenvalue weighted by molar-refractivity contribution is 0.371. The van der Waals surface area contributed by atoms with E-state index in [9.17, 15) is 0 Å². The van der Waals surface area contributed by atoms with Crippen LogP contribution in [0, 0.1) is 13.8 Å². The zero-order valence-corrected chi connectivity index (χ0v) is 11.9. The highest BCUT2D eigenvalue weighted by atomic mass is 15.0. The molecular formula is C16H26N2. The van der Waals surface area contributed by atoms with Crippen molar-refractivity contribution in [2.75, 3.05) is 11.9 Å². The van der Waals surface area contributed by atoms with Gasteiger partial charge in [-0.05, 0) is 69.8 Å². The van der Waals surface area contributed by atoms with Gasteiger partial charge in [0.1, 0.15) is 0 Å². The largest absolute Gasteiger partial charge is 0.383 e. The van der Waals surface area contributed by atoms with Crippen molar-refractivity contribution < 1.29 is 0 Å². The van der Waals surface area contributed by atoms with Gasteiger partial charge in [-0.25, -0.2) is 0 Å². The molecule has 0 bridgehead atoms. The van der Waals surface area contributed by atoms with Gasteiger partial charge in [-0.2, -0.15) is 0 Å². The maximum Gasteiger partial charge on any atom is 0.0347 e. The summed E-state index contributed by atoms with van der Waals surface area (Å²) < 4.78 is 0. The van der Waals surface area contributed by atoms with Gasteiger partial charge in [0.05, 0.1) is 0 Å². The Balaban J connectivity index is 1.87. The van der Waals surface area contributed by atoms with Gasteiger partial charge in [0.2, 0.25) is 0 Å². The Morgan fingerprint density at radius 3 is 2.56 bits per heavy atom. The van der Waals surface area contributed by atoms with Crippen LogP contribution in [0.3, 0.4) is 0 Å². The van der Waals surface area contributed by atoms with E-state index < -0.39 is 0 Å². The zero-order valence-electron chi connectivity index (χ0n) is 11.9. The number of anilines is 1. The van der Waals surface area contributed by atoms with Gasteiger partial charge in [-0.15, -0.1) is 0 Å². The second-order valence-electron chi connectivity index (χ2n) is 5.80. The number of hydrogen-bond donors (Lipinski definition) is 2. The summed E-state index contributed by atoms with van der Waals surface area (Å²) in [4.78, 5) is 0. The fraction of sp³-hybridized carbons (Fsp3) is 0.625. The highest BCUT2D eigenvalue weighted by Gasteiger charge is 2.15. The van der Waals surface area contributed by atoms with E-state index in [1.165, 1.54) is 49.0 Å². The van der Waals surface area contributed by atoms with Crippen molar-refractivity contribution in [3.63, 3.8) is 0 Å². The van der Waals surface area contributed by atoms with Crippen LogP contribution in [0.25, 0.3) is 0 Å². The smallest absolute Gasteiger partial charge is 0.0347 e. The topological polar surface area (TPSA) is 24.1 Å². The number of piperidine rings is 1. The lowest BCUT2D eigenvalue weighted by Gasteiger charge is -2.27. The Morgan fingerprint density at radius 2 is 1.94 bits per heavy atom. The maximum atomic E-state index is 3.63. The number of hydrogen-bond acceptors (Lipinski definition) is 2. The molecule has 0 saturated carbocycles. The Hall–Kier alpha value is -1.02. The quantitative estimate of drug-likeness (QED) is 0.847. The second kappa shape index (κ2) is 6.24. The predicted molar refractivity (Wildman–Crippen MR) is 79.3 cm³/mol. The summed E-state index contributed by atoms with van der Waals surface area (Å²) in [6.45, 7) is 7.80. The van der Waals surface area contributed by atoms with E-state index in [2.05, 4.69) is 49.6 Å². The number of benzene rings is 1. The van der Waals surface area contributed by atoms with Gasteiger partial charge in [0.25, 0.3) is 0 Å². The molecule has 18 heavy (non-hydrogen) atoms. The average Bonchev–Trinajstić information content (AvgIpc) is 2.28. The van der Waals surface area contributed by atoms with Crippen LogP contribution in [-0.4, -0.2) is 18.6 Å². The molecule has 1 fully saturated rings. The minimum atomic E-state index is 0.529. The first-order chi connectivity index (χ1) is 8.63. The third-order valence-corrected chi connectivity index (χ3v) is 3.69. The standard InChI is InChI=1S/C16H26N2/c1-12-8-13(2)10-16(9-12)18-14(3)11-15-6-4-5-7-17-15/h8-10,14-15,17-18H,4-7,11H2,1-3H3. The summed E-state index contributed by atoms with van der Waals surface area (Å²) in [5.41, 5.74) is 3.93. The molecule has 100 valence electrons. The highest BCUT2D eigenvalue weighted by Crippen LogP contribution is 2.18. The molecule has 1 aromatic carbocycles. The molecule has 1 aliphatic heterocycles. The average molecular weight is 246 g/mol. The van der Waals surface area contributed by atoms with Crippen molar-refractivity contribution >= 4 is 5.69 Å². The van der Waals surface area contributed by atoms with Crippen LogP contribution in [0.15, 0.2) is 18.2 Å². The van der Waals surface area contributed by atoms with Crippen LogP contribution in [0.2, 0.25) is 0 Å². The Bertz CT molecular complexity index is 360. The van der Waals surface area contributed by atoms with Crippen molar-refractivity contribution in [2.24, 2.45) is 0 Å². The fourth-order valence-corrected chi connectivity index (χ4v) is 2.95. The molecule has 0 radical (unpaired) electrons. The minimum Gasteiger partial charge on any atom is -0.383 e. The lowest BCUT2D eigenvalue weighted by atomic mass is 9.98. The molecule has 2 N–H and O–H groups in total. The molecule has 2 atom stereocenters. The van der Waals surface area contributed by atoms with Crippen molar-refractivity contribution in [3.8, 4) is 0 Å². The van der Waals surface area contributed by atoms with Crippen LogP contribution in [0.5, 0.6) is 0 Å². The first-order valence-electron chi connectivity index (χ1n) is 7.22. The van der Waals surface area contributed by atoms with E-state index in [-0.39, 0.29) is 0 Å². The molecule has 2 nitrogen and oxygen atoms in total. The summed E-state index contributed by atoms with van der Waals surface area (Å²) in [5, 5.41) is 7.25. The van der Waals surface area contributed by atoms with E-state index in [0.717, 1.165) is 0 Å². The van der Waals surface area contributed by atoms with E-state index >= 15 is 0 Å². The van der Waals surface area contributed by atoms with Gasteiger partial charge < -0.3 is 10.6 Å². The van der Waals surface area contributed by atoms with Crippen LogP contribution >= 0.6 is 0 Å².